The molecule has 0 N–H and O–H groups in total. The van der Waals surface area contributed by atoms with E-state index in [2.05, 4.69) is 13.8 Å². The average molecular weight is 184 g/mol. The lowest BCUT2D eigenvalue weighted by atomic mass is 9.89. The molecule has 1 saturated carbocycles. The third-order valence-electron chi connectivity index (χ3n) is 3.06. The van der Waals surface area contributed by atoms with Gasteiger partial charge >= 0.3 is 0 Å². The third-order valence-corrected chi connectivity index (χ3v) is 3.06. The van der Waals surface area contributed by atoms with Crippen LogP contribution in [0.1, 0.15) is 58.8 Å². The number of ether oxygens (including phenoxy) is 1. The van der Waals surface area contributed by atoms with E-state index < -0.39 is 0 Å². The Bertz CT molecular complexity index is 114. The molecule has 1 aliphatic rings. The Hall–Kier alpha value is -0.0400. The summed E-state index contributed by atoms with van der Waals surface area (Å²) in [4.78, 5) is 0. The van der Waals surface area contributed by atoms with Crippen molar-refractivity contribution >= 4 is 0 Å². The second-order valence-corrected chi connectivity index (χ2v) is 4.46. The van der Waals surface area contributed by atoms with Crippen LogP contribution in [-0.4, -0.2) is 12.7 Å². The Morgan fingerprint density at radius 2 is 1.77 bits per heavy atom. The normalized spacial score (nSPS) is 29.1. The molecule has 0 aromatic heterocycles. The van der Waals surface area contributed by atoms with Gasteiger partial charge in [0.05, 0.1) is 6.10 Å². The van der Waals surface area contributed by atoms with E-state index in [1.54, 1.807) is 0 Å². The van der Waals surface area contributed by atoms with Gasteiger partial charge in [-0.25, -0.2) is 0 Å². The Kier molecular flexibility index (Phi) is 5.45. The standard InChI is InChI=1S/C12H24O/c1-3-4-5-10-13-12-8-6-11(2)7-9-12/h11-12H,3-10H2,1-2H3/t11-,12-. The average Bonchev–Trinajstić information content (AvgIpc) is 2.15. The molecule has 0 amide bonds. The van der Waals surface area contributed by atoms with Crippen LogP contribution in [0.4, 0.5) is 0 Å². The summed E-state index contributed by atoms with van der Waals surface area (Å²) < 4.78 is 5.83. The summed E-state index contributed by atoms with van der Waals surface area (Å²) in [6.07, 6.45) is 9.81. The van der Waals surface area contributed by atoms with Crippen molar-refractivity contribution in [3.63, 3.8) is 0 Å². The Balaban J connectivity index is 1.96. The van der Waals surface area contributed by atoms with Crippen LogP contribution in [0.15, 0.2) is 0 Å². The predicted octanol–water partition coefficient (Wildman–Crippen LogP) is 3.77. The lowest BCUT2D eigenvalue weighted by molar-refractivity contribution is 0.0180. The lowest BCUT2D eigenvalue weighted by Crippen LogP contribution is -2.20. The first-order chi connectivity index (χ1) is 6.33. The zero-order valence-electron chi connectivity index (χ0n) is 9.22. The molecule has 0 unspecified atom stereocenters. The number of rotatable bonds is 5. The highest BCUT2D eigenvalue weighted by Crippen LogP contribution is 2.25. The Morgan fingerprint density at radius 1 is 1.08 bits per heavy atom. The van der Waals surface area contributed by atoms with Crippen molar-refractivity contribution in [3.05, 3.63) is 0 Å². The molecular formula is C12H24O. The lowest BCUT2D eigenvalue weighted by Gasteiger charge is -2.26. The van der Waals surface area contributed by atoms with E-state index in [1.807, 2.05) is 0 Å². The van der Waals surface area contributed by atoms with Crippen molar-refractivity contribution in [2.24, 2.45) is 5.92 Å². The fraction of sp³-hybridized carbons (Fsp3) is 1.00. The van der Waals surface area contributed by atoms with Crippen molar-refractivity contribution in [2.75, 3.05) is 6.61 Å². The SMILES string of the molecule is CCCCCO[C@H]1CC[C@H](C)CC1. The van der Waals surface area contributed by atoms with Crippen LogP contribution in [0, 0.1) is 5.92 Å². The van der Waals surface area contributed by atoms with Crippen LogP contribution in [0.25, 0.3) is 0 Å². The minimum Gasteiger partial charge on any atom is -0.378 e. The van der Waals surface area contributed by atoms with Gasteiger partial charge in [0.25, 0.3) is 0 Å². The first-order valence-electron chi connectivity index (χ1n) is 5.94. The molecule has 1 nitrogen and oxygen atoms in total. The topological polar surface area (TPSA) is 9.23 Å². The molecule has 0 aromatic carbocycles. The van der Waals surface area contributed by atoms with E-state index in [-0.39, 0.29) is 0 Å². The van der Waals surface area contributed by atoms with Gasteiger partial charge in [0.1, 0.15) is 0 Å². The summed E-state index contributed by atoms with van der Waals surface area (Å²) in [6, 6.07) is 0. The second-order valence-electron chi connectivity index (χ2n) is 4.46. The molecule has 0 radical (unpaired) electrons. The van der Waals surface area contributed by atoms with Gasteiger partial charge in [0.2, 0.25) is 0 Å². The molecule has 0 aliphatic heterocycles. The van der Waals surface area contributed by atoms with Crippen molar-refractivity contribution in [1.29, 1.82) is 0 Å². The molecule has 0 spiro atoms. The zero-order valence-corrected chi connectivity index (χ0v) is 9.22. The molecule has 0 bridgehead atoms. The summed E-state index contributed by atoms with van der Waals surface area (Å²) >= 11 is 0. The fourth-order valence-corrected chi connectivity index (χ4v) is 2.00. The first kappa shape index (κ1) is 11.0. The number of hydrogen-bond acceptors (Lipinski definition) is 1. The van der Waals surface area contributed by atoms with Crippen LogP contribution in [0.3, 0.4) is 0 Å². The van der Waals surface area contributed by atoms with Crippen LogP contribution in [0.5, 0.6) is 0 Å². The minimum atomic E-state index is 0.591. The molecule has 0 aromatic rings. The van der Waals surface area contributed by atoms with Gasteiger partial charge in [0, 0.05) is 6.61 Å². The van der Waals surface area contributed by atoms with Crippen molar-refractivity contribution in [1.82, 2.24) is 0 Å². The molecular weight excluding hydrogens is 160 g/mol. The van der Waals surface area contributed by atoms with Gasteiger partial charge in [-0.15, -0.1) is 0 Å². The van der Waals surface area contributed by atoms with Crippen molar-refractivity contribution in [3.8, 4) is 0 Å². The Morgan fingerprint density at radius 3 is 2.38 bits per heavy atom. The van der Waals surface area contributed by atoms with Crippen LogP contribution < -0.4 is 0 Å². The minimum absolute atomic E-state index is 0.591. The van der Waals surface area contributed by atoms with E-state index in [0.29, 0.717) is 6.10 Å². The van der Waals surface area contributed by atoms with Gasteiger partial charge < -0.3 is 4.74 Å². The summed E-state index contributed by atoms with van der Waals surface area (Å²) in [7, 11) is 0. The maximum absolute atomic E-state index is 5.83. The predicted molar refractivity (Wildman–Crippen MR) is 56.9 cm³/mol. The van der Waals surface area contributed by atoms with Crippen LogP contribution in [-0.2, 0) is 4.74 Å². The first-order valence-corrected chi connectivity index (χ1v) is 5.94. The zero-order chi connectivity index (χ0) is 9.52. The summed E-state index contributed by atoms with van der Waals surface area (Å²) in [5.41, 5.74) is 0. The van der Waals surface area contributed by atoms with Crippen LogP contribution in [0.2, 0.25) is 0 Å². The van der Waals surface area contributed by atoms with E-state index in [4.69, 9.17) is 4.74 Å². The van der Waals surface area contributed by atoms with Gasteiger partial charge in [-0.2, -0.15) is 0 Å². The van der Waals surface area contributed by atoms with Crippen LogP contribution >= 0.6 is 0 Å². The van der Waals surface area contributed by atoms with Crippen molar-refractivity contribution in [2.45, 2.75) is 64.9 Å². The van der Waals surface area contributed by atoms with E-state index in [1.165, 1.54) is 44.9 Å². The van der Waals surface area contributed by atoms with Crippen molar-refractivity contribution < 1.29 is 4.74 Å². The Labute approximate surface area is 82.9 Å². The largest absolute Gasteiger partial charge is 0.378 e. The fourth-order valence-electron chi connectivity index (χ4n) is 2.00. The molecule has 0 heterocycles. The monoisotopic (exact) mass is 184 g/mol. The van der Waals surface area contributed by atoms with Gasteiger partial charge in [0.15, 0.2) is 0 Å². The van der Waals surface area contributed by atoms with Gasteiger partial charge in [-0.05, 0) is 38.0 Å². The highest BCUT2D eigenvalue weighted by atomic mass is 16.5. The van der Waals surface area contributed by atoms with E-state index in [0.717, 1.165) is 12.5 Å². The summed E-state index contributed by atoms with van der Waals surface area (Å²) in [5, 5.41) is 0. The molecule has 78 valence electrons. The maximum Gasteiger partial charge on any atom is 0.0575 e. The molecule has 0 atom stereocenters. The third kappa shape index (κ3) is 4.66. The molecule has 1 rings (SSSR count). The summed E-state index contributed by atoms with van der Waals surface area (Å²) in [5.74, 6) is 0.940. The summed E-state index contributed by atoms with van der Waals surface area (Å²) in [6.45, 7) is 5.59. The molecule has 1 aliphatic carbocycles. The number of hydrogen-bond donors (Lipinski definition) is 0. The highest BCUT2D eigenvalue weighted by molar-refractivity contribution is 4.69. The highest BCUT2D eigenvalue weighted by Gasteiger charge is 2.17. The number of unbranched alkanes of at least 4 members (excludes halogenated alkanes) is 2. The van der Waals surface area contributed by atoms with Gasteiger partial charge in [-0.1, -0.05) is 26.7 Å². The maximum atomic E-state index is 5.83. The molecule has 13 heavy (non-hydrogen) atoms. The quantitative estimate of drug-likeness (QED) is 0.591. The molecule has 1 fully saturated rings. The van der Waals surface area contributed by atoms with Gasteiger partial charge in [-0.3, -0.25) is 0 Å². The van der Waals surface area contributed by atoms with E-state index >= 15 is 0 Å². The molecule has 1 heteroatoms. The smallest absolute Gasteiger partial charge is 0.0575 e. The second kappa shape index (κ2) is 6.42. The van der Waals surface area contributed by atoms with E-state index in [9.17, 15) is 0 Å². The molecule has 0 saturated heterocycles.